The maximum Gasteiger partial charge on any atom is 0.335 e. The van der Waals surface area contributed by atoms with Crippen LogP contribution in [0.15, 0.2) is 72.9 Å². The van der Waals surface area contributed by atoms with Crippen LogP contribution in [0.3, 0.4) is 0 Å². The second kappa shape index (κ2) is 52.8. The van der Waals surface area contributed by atoms with Crippen LogP contribution in [-0.4, -0.2) is 89.2 Å². The molecule has 0 aromatic rings. The van der Waals surface area contributed by atoms with Crippen molar-refractivity contribution in [3.63, 3.8) is 0 Å². The highest BCUT2D eigenvalue weighted by atomic mass is 16.7. The van der Waals surface area contributed by atoms with E-state index in [9.17, 15) is 34.5 Å². The molecule has 12 heteroatoms. The summed E-state index contributed by atoms with van der Waals surface area (Å²) >= 11 is 0. The van der Waals surface area contributed by atoms with Crippen molar-refractivity contribution in [3.05, 3.63) is 72.9 Å². The van der Waals surface area contributed by atoms with Crippen molar-refractivity contribution in [3.8, 4) is 0 Å². The Labute approximate surface area is 468 Å². The smallest absolute Gasteiger partial charge is 0.335 e. The zero-order chi connectivity index (χ0) is 56.1. The minimum Gasteiger partial charge on any atom is -0.479 e. The number of carbonyl (C=O) groups is 4. The van der Waals surface area contributed by atoms with Crippen LogP contribution in [0.1, 0.15) is 265 Å². The summed E-state index contributed by atoms with van der Waals surface area (Å²) in [6.07, 6.45) is 54.3. The van der Waals surface area contributed by atoms with E-state index in [1.807, 2.05) is 0 Å². The predicted octanol–water partition coefficient (Wildman–Crippen LogP) is 16.1. The average Bonchev–Trinajstić information content (AvgIpc) is 3.42. The predicted molar refractivity (Wildman–Crippen MR) is 312 cm³/mol. The SMILES string of the molecule is CC/C=C\C/C=C\C/C=C\C/C=C\CCCCCCCCC(=O)OCC(COC1OC(C(=O)O)C(O)C(O)C1OC(=O)CCCCCCCCCCCCCCCCC)OC(=O)CCCCCCC/C=C\C/C=C\CCC. The molecule has 0 aliphatic carbocycles. The molecule has 0 aromatic carbocycles. The molecular weight excluding hydrogens is 973 g/mol. The standard InChI is InChI=1S/C65H110O12/c1-4-7-10-13-16-19-22-25-27-28-29-30-32-34-36-39-42-45-48-51-57(66)73-54-56(75-58(67)52-49-46-43-40-37-33-24-21-18-15-12-9-6-3)55-74-65-63(61(70)60(69)62(77-65)64(71)72)76-59(68)53-50-47-44-41-38-35-31-26-23-20-17-14-11-8-5-2/h7,10,12,15-16,19,21,24-25,27,29-30,56,60-63,65,69-70H,4-6,8-9,11,13-14,17-18,20,22-23,26,28,31-55H2,1-3H3,(H,71,72)/b10-7-,15-12-,19-16-,24-21-,27-25-,30-29-. The van der Waals surface area contributed by atoms with E-state index in [1.54, 1.807) is 0 Å². The van der Waals surface area contributed by atoms with E-state index in [1.165, 1.54) is 64.2 Å². The summed E-state index contributed by atoms with van der Waals surface area (Å²) < 4.78 is 28.5. The summed E-state index contributed by atoms with van der Waals surface area (Å²) in [6.45, 7) is 5.81. The molecular formula is C65H110O12. The number of carboxylic acid groups (broad SMARTS) is 1. The van der Waals surface area contributed by atoms with E-state index < -0.39 is 67.3 Å². The Balaban J connectivity index is 2.67. The van der Waals surface area contributed by atoms with Crippen LogP contribution in [0.25, 0.3) is 0 Å². The minimum atomic E-state index is -1.91. The third kappa shape index (κ3) is 42.7. The number of aliphatic hydroxyl groups is 2. The number of unbranched alkanes of at least 4 members (excludes halogenated alkanes) is 26. The summed E-state index contributed by atoms with van der Waals surface area (Å²) in [7, 11) is 0. The fraction of sp³-hybridized carbons (Fsp3) is 0.754. The van der Waals surface area contributed by atoms with Crippen LogP contribution in [0.5, 0.6) is 0 Å². The van der Waals surface area contributed by atoms with Crippen LogP contribution in [0, 0.1) is 0 Å². The number of allylic oxidation sites excluding steroid dienone is 12. The quantitative estimate of drug-likeness (QED) is 0.0228. The Hall–Kier alpha value is -3.84. The first kappa shape index (κ1) is 71.2. The molecule has 3 N–H and O–H groups in total. The van der Waals surface area contributed by atoms with E-state index in [4.69, 9.17) is 23.7 Å². The lowest BCUT2D eigenvalue weighted by molar-refractivity contribution is -0.301. The second-order valence-corrected chi connectivity index (χ2v) is 21.0. The van der Waals surface area contributed by atoms with E-state index in [0.29, 0.717) is 19.3 Å². The lowest BCUT2D eigenvalue weighted by atomic mass is 9.98. The number of aliphatic hydroxyl groups excluding tert-OH is 2. The van der Waals surface area contributed by atoms with E-state index in [0.717, 1.165) is 141 Å². The number of carboxylic acids is 1. The first-order chi connectivity index (χ1) is 37.6. The van der Waals surface area contributed by atoms with Gasteiger partial charge < -0.3 is 39.0 Å². The topological polar surface area (TPSA) is 175 Å². The summed E-state index contributed by atoms with van der Waals surface area (Å²) in [5, 5.41) is 31.5. The number of ether oxygens (including phenoxy) is 5. The normalized spacial score (nSPS) is 18.5. The molecule has 1 heterocycles. The van der Waals surface area contributed by atoms with E-state index in [2.05, 4.69) is 93.7 Å². The lowest BCUT2D eigenvalue weighted by Crippen LogP contribution is -2.61. The van der Waals surface area contributed by atoms with Gasteiger partial charge in [0.05, 0.1) is 6.61 Å². The third-order valence-electron chi connectivity index (χ3n) is 13.7. The molecule has 0 amide bonds. The minimum absolute atomic E-state index is 0.0591. The van der Waals surface area contributed by atoms with Gasteiger partial charge in [-0.15, -0.1) is 0 Å². The van der Waals surface area contributed by atoms with Gasteiger partial charge in [0.25, 0.3) is 0 Å². The molecule has 1 aliphatic heterocycles. The molecule has 12 nitrogen and oxygen atoms in total. The first-order valence-electron chi connectivity index (χ1n) is 30.9. The Kier molecular flexibility index (Phi) is 48.8. The van der Waals surface area contributed by atoms with Crippen LogP contribution in [0.2, 0.25) is 0 Å². The summed E-state index contributed by atoms with van der Waals surface area (Å²) in [5.74, 6) is -3.15. The zero-order valence-corrected chi connectivity index (χ0v) is 48.7. The first-order valence-corrected chi connectivity index (χ1v) is 30.9. The van der Waals surface area contributed by atoms with Gasteiger partial charge in [0, 0.05) is 19.3 Å². The van der Waals surface area contributed by atoms with Gasteiger partial charge in [-0.3, -0.25) is 14.4 Å². The molecule has 0 bridgehead atoms. The highest BCUT2D eigenvalue weighted by Crippen LogP contribution is 2.26. The van der Waals surface area contributed by atoms with E-state index >= 15 is 0 Å². The number of esters is 3. The van der Waals surface area contributed by atoms with Crippen LogP contribution in [0.4, 0.5) is 0 Å². The maximum atomic E-state index is 13.1. The Morgan fingerprint density at radius 1 is 0.442 bits per heavy atom. The highest BCUT2D eigenvalue weighted by molar-refractivity contribution is 5.74. The van der Waals surface area contributed by atoms with Gasteiger partial charge in [-0.25, -0.2) is 4.79 Å². The Bertz CT molecular complexity index is 1620. The summed E-state index contributed by atoms with van der Waals surface area (Å²) in [6, 6.07) is 0. The van der Waals surface area contributed by atoms with Crippen LogP contribution < -0.4 is 0 Å². The molecule has 0 radical (unpaired) electrons. The molecule has 1 saturated heterocycles. The fourth-order valence-corrected chi connectivity index (χ4v) is 9.04. The number of hydrogen-bond acceptors (Lipinski definition) is 11. The summed E-state index contributed by atoms with van der Waals surface area (Å²) in [4.78, 5) is 51.2. The molecule has 1 fully saturated rings. The van der Waals surface area contributed by atoms with Crippen molar-refractivity contribution in [2.75, 3.05) is 13.2 Å². The van der Waals surface area contributed by atoms with Gasteiger partial charge in [-0.1, -0.05) is 235 Å². The molecule has 6 atom stereocenters. The zero-order valence-electron chi connectivity index (χ0n) is 48.7. The molecule has 1 rings (SSSR count). The number of carbonyl (C=O) groups excluding carboxylic acids is 3. The number of rotatable bonds is 52. The lowest BCUT2D eigenvalue weighted by Gasteiger charge is -2.40. The Morgan fingerprint density at radius 2 is 0.844 bits per heavy atom. The van der Waals surface area contributed by atoms with Crippen molar-refractivity contribution < 1.29 is 58.2 Å². The molecule has 0 spiro atoms. The monoisotopic (exact) mass is 1080 g/mol. The fourth-order valence-electron chi connectivity index (χ4n) is 9.04. The second-order valence-electron chi connectivity index (χ2n) is 21.0. The molecule has 6 unspecified atom stereocenters. The van der Waals surface area contributed by atoms with Crippen LogP contribution >= 0.6 is 0 Å². The Morgan fingerprint density at radius 3 is 1.30 bits per heavy atom. The number of aliphatic carboxylic acids is 1. The van der Waals surface area contributed by atoms with E-state index in [-0.39, 0.29) is 25.9 Å². The van der Waals surface area contributed by atoms with Gasteiger partial charge in [0.1, 0.15) is 18.8 Å². The van der Waals surface area contributed by atoms with Gasteiger partial charge >= 0.3 is 23.9 Å². The van der Waals surface area contributed by atoms with Gasteiger partial charge in [0.15, 0.2) is 24.6 Å². The van der Waals surface area contributed by atoms with Gasteiger partial charge in [-0.2, -0.15) is 0 Å². The van der Waals surface area contributed by atoms with Crippen molar-refractivity contribution in [2.24, 2.45) is 0 Å². The van der Waals surface area contributed by atoms with Gasteiger partial charge in [-0.05, 0) is 83.5 Å². The van der Waals surface area contributed by atoms with Crippen molar-refractivity contribution in [2.45, 2.75) is 302 Å². The third-order valence-corrected chi connectivity index (χ3v) is 13.7. The molecule has 1 aliphatic rings. The molecule has 77 heavy (non-hydrogen) atoms. The van der Waals surface area contributed by atoms with Gasteiger partial charge in [0.2, 0.25) is 0 Å². The summed E-state index contributed by atoms with van der Waals surface area (Å²) in [5.41, 5.74) is 0. The molecule has 0 aromatic heterocycles. The van der Waals surface area contributed by atoms with Crippen molar-refractivity contribution >= 4 is 23.9 Å². The highest BCUT2D eigenvalue weighted by Gasteiger charge is 2.50. The van der Waals surface area contributed by atoms with Crippen molar-refractivity contribution in [1.82, 2.24) is 0 Å². The molecule has 0 saturated carbocycles. The molecule has 442 valence electrons. The largest absolute Gasteiger partial charge is 0.479 e. The number of hydrogen-bond donors (Lipinski definition) is 3. The average molecular weight is 1080 g/mol. The maximum absolute atomic E-state index is 13.1. The van der Waals surface area contributed by atoms with Crippen molar-refractivity contribution in [1.29, 1.82) is 0 Å². The van der Waals surface area contributed by atoms with Crippen LogP contribution in [-0.2, 0) is 42.9 Å².